The Bertz CT molecular complexity index is 919. The highest BCUT2D eigenvalue weighted by Gasteiger charge is 2.37. The van der Waals surface area contributed by atoms with E-state index < -0.39 is 29.2 Å². The quantitative estimate of drug-likeness (QED) is 0.492. The third-order valence-corrected chi connectivity index (χ3v) is 5.14. The van der Waals surface area contributed by atoms with Crippen LogP contribution < -0.4 is 10.6 Å². The van der Waals surface area contributed by atoms with Crippen molar-refractivity contribution in [3.8, 4) is 12.3 Å². The maximum absolute atomic E-state index is 13.7. The van der Waals surface area contributed by atoms with Gasteiger partial charge in [0.15, 0.2) is 0 Å². The molecule has 35 heavy (non-hydrogen) atoms. The van der Waals surface area contributed by atoms with Crippen LogP contribution in [0.25, 0.3) is 0 Å². The summed E-state index contributed by atoms with van der Waals surface area (Å²) in [5.41, 5.74) is -0.113. The van der Waals surface area contributed by atoms with Crippen molar-refractivity contribution in [3.05, 3.63) is 35.4 Å². The van der Waals surface area contributed by atoms with Gasteiger partial charge in [-0.1, -0.05) is 38.0 Å². The summed E-state index contributed by atoms with van der Waals surface area (Å²) >= 11 is 0. The first-order valence-corrected chi connectivity index (χ1v) is 12.2. The molecule has 0 bridgehead atoms. The van der Waals surface area contributed by atoms with Gasteiger partial charge < -0.3 is 20.3 Å². The summed E-state index contributed by atoms with van der Waals surface area (Å²) in [4.78, 5) is 41.0. The zero-order valence-electron chi connectivity index (χ0n) is 22.8. The predicted molar refractivity (Wildman–Crippen MR) is 140 cm³/mol. The van der Waals surface area contributed by atoms with Crippen LogP contribution in [0.4, 0.5) is 4.79 Å². The van der Waals surface area contributed by atoms with Gasteiger partial charge in [0.1, 0.15) is 18.2 Å². The van der Waals surface area contributed by atoms with Crippen LogP contribution in [-0.2, 0) is 14.3 Å². The molecule has 194 valence electrons. The Kier molecular flexibility index (Phi) is 10.8. The normalized spacial score (nSPS) is 13.4. The van der Waals surface area contributed by atoms with Gasteiger partial charge in [-0.25, -0.2) is 4.79 Å². The number of amides is 3. The number of terminal acetylenes is 1. The standard InChI is InChI=1S/C28H43N3O4/c1-11-21-14-12-13-15-22(21)24(25(33)30-27(5,6)7)31(20(4)17-16-19(2)3)23(32)18-29-26(34)35-28(8,9)10/h1,12-15,19-20,24H,16-18H2,2-10H3,(H,29,34)(H,30,33). The number of rotatable bonds is 9. The molecule has 2 atom stereocenters. The van der Waals surface area contributed by atoms with Crippen molar-refractivity contribution in [3.63, 3.8) is 0 Å². The van der Waals surface area contributed by atoms with E-state index in [1.807, 2.05) is 27.7 Å². The minimum atomic E-state index is -0.962. The van der Waals surface area contributed by atoms with Crippen LogP contribution >= 0.6 is 0 Å². The lowest BCUT2D eigenvalue weighted by Crippen LogP contribution is -2.54. The van der Waals surface area contributed by atoms with E-state index in [2.05, 4.69) is 30.4 Å². The Balaban J connectivity index is 3.47. The second kappa shape index (κ2) is 12.6. The molecular formula is C28H43N3O4. The van der Waals surface area contributed by atoms with E-state index >= 15 is 0 Å². The maximum atomic E-state index is 13.7. The molecule has 7 nitrogen and oxygen atoms in total. The predicted octanol–water partition coefficient (Wildman–Crippen LogP) is 4.80. The topological polar surface area (TPSA) is 87.7 Å². The summed E-state index contributed by atoms with van der Waals surface area (Å²) in [6.45, 7) is 16.7. The largest absolute Gasteiger partial charge is 0.444 e. The van der Waals surface area contributed by atoms with E-state index in [1.165, 1.54) is 0 Å². The molecule has 1 aromatic carbocycles. The van der Waals surface area contributed by atoms with Crippen LogP contribution in [0.3, 0.4) is 0 Å². The molecule has 0 fully saturated rings. The zero-order valence-corrected chi connectivity index (χ0v) is 22.8. The summed E-state index contributed by atoms with van der Waals surface area (Å²) in [6, 6.07) is 5.89. The summed E-state index contributed by atoms with van der Waals surface area (Å²) in [6.07, 6.45) is 6.63. The highest BCUT2D eigenvalue weighted by Crippen LogP contribution is 2.29. The van der Waals surface area contributed by atoms with Crippen LogP contribution in [0.15, 0.2) is 24.3 Å². The fraction of sp³-hybridized carbons (Fsp3) is 0.607. The third-order valence-electron chi connectivity index (χ3n) is 5.14. The lowest BCUT2D eigenvalue weighted by atomic mass is 9.94. The van der Waals surface area contributed by atoms with Crippen molar-refractivity contribution >= 4 is 17.9 Å². The number of benzene rings is 1. The number of nitrogens with one attached hydrogen (secondary N) is 2. The first kappa shape index (κ1) is 30.0. The second-order valence-corrected chi connectivity index (χ2v) is 11.4. The molecule has 0 saturated heterocycles. The Morgan fingerprint density at radius 1 is 1.03 bits per heavy atom. The SMILES string of the molecule is C#Cc1ccccc1C(C(=O)NC(C)(C)C)N(C(=O)CNC(=O)OC(C)(C)C)C(C)CCC(C)C. The molecule has 0 aliphatic rings. The van der Waals surface area contributed by atoms with Crippen molar-refractivity contribution < 1.29 is 19.1 Å². The van der Waals surface area contributed by atoms with Gasteiger partial charge in [0, 0.05) is 17.1 Å². The first-order valence-electron chi connectivity index (χ1n) is 12.2. The van der Waals surface area contributed by atoms with Gasteiger partial charge in [-0.05, 0) is 78.9 Å². The van der Waals surface area contributed by atoms with Gasteiger partial charge in [0.05, 0.1) is 0 Å². The molecule has 0 aliphatic heterocycles. The number of nitrogens with zero attached hydrogens (tertiary/aromatic N) is 1. The van der Waals surface area contributed by atoms with Crippen molar-refractivity contribution in [2.75, 3.05) is 6.54 Å². The molecule has 0 saturated carbocycles. The minimum absolute atomic E-state index is 0.285. The molecule has 0 heterocycles. The summed E-state index contributed by atoms with van der Waals surface area (Å²) < 4.78 is 5.28. The van der Waals surface area contributed by atoms with Crippen LogP contribution in [0.5, 0.6) is 0 Å². The van der Waals surface area contributed by atoms with Crippen LogP contribution in [0.1, 0.15) is 92.3 Å². The third kappa shape index (κ3) is 10.4. The second-order valence-electron chi connectivity index (χ2n) is 11.4. The molecule has 0 aromatic heterocycles. The zero-order chi connectivity index (χ0) is 27.0. The van der Waals surface area contributed by atoms with Crippen molar-refractivity contribution in [2.24, 2.45) is 5.92 Å². The average Bonchev–Trinajstić information content (AvgIpc) is 2.71. The molecule has 0 radical (unpaired) electrons. The van der Waals surface area contributed by atoms with Gasteiger partial charge >= 0.3 is 6.09 Å². The van der Waals surface area contributed by atoms with E-state index in [0.717, 1.165) is 6.42 Å². The van der Waals surface area contributed by atoms with Gasteiger partial charge in [-0.3, -0.25) is 9.59 Å². The lowest BCUT2D eigenvalue weighted by Gasteiger charge is -2.38. The number of ether oxygens (including phenoxy) is 1. The summed E-state index contributed by atoms with van der Waals surface area (Å²) in [5, 5.41) is 5.54. The Labute approximate surface area is 211 Å². The van der Waals surface area contributed by atoms with Crippen LogP contribution in [0, 0.1) is 18.3 Å². The van der Waals surface area contributed by atoms with E-state index in [1.54, 1.807) is 49.9 Å². The summed E-state index contributed by atoms with van der Waals surface area (Å²) in [5.74, 6) is 2.34. The monoisotopic (exact) mass is 485 g/mol. The van der Waals surface area contributed by atoms with Crippen molar-refractivity contribution in [1.29, 1.82) is 0 Å². The number of carbonyl (C=O) groups is 3. The molecule has 7 heteroatoms. The van der Waals surface area contributed by atoms with Crippen molar-refractivity contribution in [2.45, 2.75) is 98.4 Å². The van der Waals surface area contributed by atoms with E-state index in [0.29, 0.717) is 23.5 Å². The summed E-state index contributed by atoms with van der Waals surface area (Å²) in [7, 11) is 0. The fourth-order valence-corrected chi connectivity index (χ4v) is 3.63. The van der Waals surface area contributed by atoms with E-state index in [4.69, 9.17) is 11.2 Å². The molecule has 1 rings (SSSR count). The minimum Gasteiger partial charge on any atom is -0.444 e. The Morgan fingerprint density at radius 2 is 1.63 bits per heavy atom. The first-order chi connectivity index (χ1) is 16.1. The Hall–Kier alpha value is -3.01. The lowest BCUT2D eigenvalue weighted by molar-refractivity contribution is -0.143. The molecule has 3 amide bonds. The average molecular weight is 486 g/mol. The van der Waals surface area contributed by atoms with Gasteiger partial charge in [-0.15, -0.1) is 6.42 Å². The molecule has 1 aromatic rings. The van der Waals surface area contributed by atoms with Gasteiger partial charge in [-0.2, -0.15) is 0 Å². The fourth-order valence-electron chi connectivity index (χ4n) is 3.63. The van der Waals surface area contributed by atoms with Gasteiger partial charge in [0.2, 0.25) is 11.8 Å². The molecule has 0 aliphatic carbocycles. The number of alkyl carbamates (subject to hydrolysis) is 1. The van der Waals surface area contributed by atoms with Crippen LogP contribution in [0.2, 0.25) is 0 Å². The number of hydrogen-bond acceptors (Lipinski definition) is 4. The number of hydrogen-bond donors (Lipinski definition) is 2. The molecule has 0 spiro atoms. The molecular weight excluding hydrogens is 442 g/mol. The molecule has 2 N–H and O–H groups in total. The maximum Gasteiger partial charge on any atom is 0.408 e. The highest BCUT2D eigenvalue weighted by atomic mass is 16.6. The highest BCUT2D eigenvalue weighted by molar-refractivity contribution is 5.91. The van der Waals surface area contributed by atoms with Crippen LogP contribution in [-0.4, -0.2) is 46.5 Å². The van der Waals surface area contributed by atoms with Gasteiger partial charge in [0.25, 0.3) is 0 Å². The number of carbonyl (C=O) groups excluding carboxylic acids is 3. The Morgan fingerprint density at radius 3 is 2.14 bits per heavy atom. The van der Waals surface area contributed by atoms with Crippen molar-refractivity contribution in [1.82, 2.24) is 15.5 Å². The van der Waals surface area contributed by atoms with E-state index in [-0.39, 0.29) is 18.5 Å². The molecule has 2 unspecified atom stereocenters. The smallest absolute Gasteiger partial charge is 0.408 e. The van der Waals surface area contributed by atoms with E-state index in [9.17, 15) is 14.4 Å².